The Labute approximate surface area is 99.9 Å². The third-order valence-corrected chi connectivity index (χ3v) is 2.79. The minimum absolute atomic E-state index is 0.0613. The summed E-state index contributed by atoms with van der Waals surface area (Å²) in [5.41, 5.74) is 0.0613. The first-order valence-corrected chi connectivity index (χ1v) is 5.44. The SMILES string of the molecule is CNc1nnc(C(=O)Nc2ccncc2F)s1. The molecule has 6 nitrogen and oxygen atoms in total. The van der Waals surface area contributed by atoms with E-state index in [9.17, 15) is 9.18 Å². The van der Waals surface area contributed by atoms with Crippen molar-refractivity contribution in [3.05, 3.63) is 29.3 Å². The van der Waals surface area contributed by atoms with Gasteiger partial charge in [0.15, 0.2) is 5.82 Å². The number of rotatable bonds is 3. The molecule has 0 saturated carbocycles. The molecule has 2 heterocycles. The number of anilines is 2. The van der Waals surface area contributed by atoms with Crippen LogP contribution in [0, 0.1) is 5.82 Å². The summed E-state index contributed by atoms with van der Waals surface area (Å²) in [6.07, 6.45) is 2.41. The largest absolute Gasteiger partial charge is 0.363 e. The standard InChI is InChI=1S/C9H8FN5OS/c1-11-9-15-14-8(17-9)7(16)13-6-2-3-12-4-5(6)10/h2-4H,1H3,(H,11,15)(H,12,13,16). The van der Waals surface area contributed by atoms with Crippen molar-refractivity contribution in [1.29, 1.82) is 0 Å². The van der Waals surface area contributed by atoms with Gasteiger partial charge in [-0.3, -0.25) is 9.78 Å². The first-order chi connectivity index (χ1) is 8.20. The van der Waals surface area contributed by atoms with E-state index in [1.54, 1.807) is 7.05 Å². The van der Waals surface area contributed by atoms with Gasteiger partial charge in [-0.05, 0) is 6.07 Å². The molecular formula is C9H8FN5OS. The summed E-state index contributed by atoms with van der Waals surface area (Å²) in [5, 5.41) is 13.2. The fourth-order valence-corrected chi connectivity index (χ4v) is 1.66. The van der Waals surface area contributed by atoms with Crippen LogP contribution < -0.4 is 10.6 Å². The predicted octanol–water partition coefficient (Wildman–Crippen LogP) is 1.37. The number of halogens is 1. The van der Waals surface area contributed by atoms with Crippen molar-refractivity contribution in [3.8, 4) is 0 Å². The summed E-state index contributed by atoms with van der Waals surface area (Å²) < 4.78 is 13.2. The molecule has 0 unspecified atom stereocenters. The number of hydrogen-bond donors (Lipinski definition) is 2. The van der Waals surface area contributed by atoms with Crippen molar-refractivity contribution in [2.24, 2.45) is 0 Å². The molecule has 0 aliphatic heterocycles. The molecule has 0 spiro atoms. The van der Waals surface area contributed by atoms with Gasteiger partial charge in [0.05, 0.1) is 11.9 Å². The van der Waals surface area contributed by atoms with Crippen LogP contribution in [0.25, 0.3) is 0 Å². The van der Waals surface area contributed by atoms with Crippen LogP contribution in [-0.4, -0.2) is 28.1 Å². The summed E-state index contributed by atoms with van der Waals surface area (Å²) in [7, 11) is 1.67. The third-order valence-electron chi connectivity index (χ3n) is 1.85. The molecule has 0 aliphatic rings. The zero-order chi connectivity index (χ0) is 12.3. The van der Waals surface area contributed by atoms with Gasteiger partial charge in [-0.1, -0.05) is 11.3 Å². The maximum Gasteiger partial charge on any atom is 0.286 e. The van der Waals surface area contributed by atoms with Crippen molar-refractivity contribution < 1.29 is 9.18 Å². The Bertz CT molecular complexity index is 544. The van der Waals surface area contributed by atoms with E-state index in [1.807, 2.05) is 0 Å². The lowest BCUT2D eigenvalue weighted by Crippen LogP contribution is -2.12. The lowest BCUT2D eigenvalue weighted by molar-refractivity contribution is 0.102. The molecule has 2 rings (SSSR count). The van der Waals surface area contributed by atoms with Crippen LogP contribution >= 0.6 is 11.3 Å². The van der Waals surface area contributed by atoms with Crippen molar-refractivity contribution in [1.82, 2.24) is 15.2 Å². The molecule has 0 atom stereocenters. The van der Waals surface area contributed by atoms with E-state index < -0.39 is 11.7 Å². The summed E-state index contributed by atoms with van der Waals surface area (Å²) in [4.78, 5) is 15.3. The highest BCUT2D eigenvalue weighted by molar-refractivity contribution is 7.17. The lowest BCUT2D eigenvalue weighted by atomic mass is 10.4. The topological polar surface area (TPSA) is 79.8 Å². The predicted molar refractivity (Wildman–Crippen MR) is 61.6 cm³/mol. The molecule has 0 aromatic carbocycles. The number of carbonyl (C=O) groups excluding carboxylic acids is 1. The zero-order valence-electron chi connectivity index (χ0n) is 8.77. The molecule has 88 valence electrons. The number of hydrogen-bond acceptors (Lipinski definition) is 6. The summed E-state index contributed by atoms with van der Waals surface area (Å²) in [5.74, 6) is -1.10. The van der Waals surface area contributed by atoms with Gasteiger partial charge in [-0.2, -0.15) is 0 Å². The monoisotopic (exact) mass is 253 g/mol. The Kier molecular flexibility index (Phi) is 3.24. The third kappa shape index (κ3) is 2.53. The molecule has 17 heavy (non-hydrogen) atoms. The van der Waals surface area contributed by atoms with Gasteiger partial charge < -0.3 is 10.6 Å². The van der Waals surface area contributed by atoms with E-state index in [4.69, 9.17) is 0 Å². The van der Waals surface area contributed by atoms with Crippen molar-refractivity contribution in [2.75, 3.05) is 17.7 Å². The molecule has 0 bridgehead atoms. The fraction of sp³-hybridized carbons (Fsp3) is 0.111. The number of carbonyl (C=O) groups is 1. The molecular weight excluding hydrogens is 245 g/mol. The average Bonchev–Trinajstić information content (AvgIpc) is 2.81. The second kappa shape index (κ2) is 4.83. The van der Waals surface area contributed by atoms with Crippen LogP contribution in [0.4, 0.5) is 15.2 Å². The lowest BCUT2D eigenvalue weighted by Gasteiger charge is -2.02. The molecule has 0 aliphatic carbocycles. The molecule has 8 heteroatoms. The zero-order valence-corrected chi connectivity index (χ0v) is 9.58. The van der Waals surface area contributed by atoms with Crippen molar-refractivity contribution >= 4 is 28.1 Å². The minimum Gasteiger partial charge on any atom is -0.363 e. The van der Waals surface area contributed by atoms with Crippen LogP contribution in [0.5, 0.6) is 0 Å². The molecule has 0 saturated heterocycles. The van der Waals surface area contributed by atoms with Crippen LogP contribution in [0.3, 0.4) is 0 Å². The minimum atomic E-state index is -0.598. The van der Waals surface area contributed by atoms with Crippen molar-refractivity contribution in [3.63, 3.8) is 0 Å². The first kappa shape index (κ1) is 11.4. The molecule has 0 fully saturated rings. The molecule has 1 amide bonds. The van der Waals surface area contributed by atoms with E-state index in [0.717, 1.165) is 17.5 Å². The quantitative estimate of drug-likeness (QED) is 0.863. The average molecular weight is 253 g/mol. The first-order valence-electron chi connectivity index (χ1n) is 4.63. The Morgan fingerprint density at radius 1 is 1.47 bits per heavy atom. The van der Waals surface area contributed by atoms with Gasteiger partial charge in [-0.15, -0.1) is 10.2 Å². The van der Waals surface area contributed by atoms with E-state index in [2.05, 4.69) is 25.8 Å². The van der Waals surface area contributed by atoms with Crippen LogP contribution in [0.15, 0.2) is 18.5 Å². The maximum atomic E-state index is 13.2. The van der Waals surface area contributed by atoms with Gasteiger partial charge in [0.1, 0.15) is 0 Å². The summed E-state index contributed by atoms with van der Waals surface area (Å²) in [6.45, 7) is 0. The second-order valence-corrected chi connectivity index (χ2v) is 3.95. The van der Waals surface area contributed by atoms with Crippen LogP contribution in [0.1, 0.15) is 9.80 Å². The Morgan fingerprint density at radius 2 is 2.29 bits per heavy atom. The highest BCUT2D eigenvalue weighted by atomic mass is 32.1. The van der Waals surface area contributed by atoms with E-state index >= 15 is 0 Å². The molecule has 2 aromatic heterocycles. The van der Waals surface area contributed by atoms with Crippen molar-refractivity contribution in [2.45, 2.75) is 0 Å². The van der Waals surface area contributed by atoms with Crippen LogP contribution in [-0.2, 0) is 0 Å². The highest BCUT2D eigenvalue weighted by Gasteiger charge is 2.14. The second-order valence-electron chi connectivity index (χ2n) is 2.97. The van der Waals surface area contributed by atoms with Gasteiger partial charge >= 0.3 is 0 Å². The number of aromatic nitrogens is 3. The summed E-state index contributed by atoms with van der Waals surface area (Å²) in [6, 6.07) is 1.37. The summed E-state index contributed by atoms with van der Waals surface area (Å²) >= 11 is 1.08. The van der Waals surface area contributed by atoms with Crippen LogP contribution in [0.2, 0.25) is 0 Å². The number of amides is 1. The fourth-order valence-electron chi connectivity index (χ4n) is 1.07. The van der Waals surface area contributed by atoms with E-state index in [1.165, 1.54) is 12.3 Å². The molecule has 2 N–H and O–H groups in total. The highest BCUT2D eigenvalue weighted by Crippen LogP contribution is 2.17. The van der Waals surface area contributed by atoms with E-state index in [0.29, 0.717) is 5.13 Å². The molecule has 2 aromatic rings. The van der Waals surface area contributed by atoms with Gasteiger partial charge in [-0.25, -0.2) is 4.39 Å². The number of pyridine rings is 1. The molecule has 0 radical (unpaired) electrons. The smallest absolute Gasteiger partial charge is 0.286 e. The normalized spacial score (nSPS) is 10.0. The number of nitrogens with one attached hydrogen (secondary N) is 2. The Hall–Kier alpha value is -2.09. The van der Waals surface area contributed by atoms with Gasteiger partial charge in [0, 0.05) is 13.2 Å². The van der Waals surface area contributed by atoms with E-state index in [-0.39, 0.29) is 10.7 Å². The van der Waals surface area contributed by atoms with Gasteiger partial charge in [0.25, 0.3) is 5.91 Å². The van der Waals surface area contributed by atoms with Gasteiger partial charge in [0.2, 0.25) is 10.1 Å². The maximum absolute atomic E-state index is 13.2. The Balaban J connectivity index is 2.14. The number of nitrogens with zero attached hydrogens (tertiary/aromatic N) is 3. The Morgan fingerprint density at radius 3 is 2.94 bits per heavy atom.